The molecule has 1 N–H and O–H groups in total. The molecular formula is C14H20Cl2N2. The van der Waals surface area contributed by atoms with Crippen molar-refractivity contribution in [3.8, 4) is 0 Å². The largest absolute Gasteiger partial charge is 0.317 e. The second kappa shape index (κ2) is 6.76. The van der Waals surface area contributed by atoms with Crippen molar-refractivity contribution in [1.82, 2.24) is 10.2 Å². The topological polar surface area (TPSA) is 15.3 Å². The van der Waals surface area contributed by atoms with Gasteiger partial charge in [0.05, 0.1) is 0 Å². The Balaban J connectivity index is 1.92. The maximum Gasteiger partial charge on any atom is 0.0465 e. The molecule has 0 radical (unpaired) electrons. The molecule has 1 aliphatic heterocycles. The van der Waals surface area contributed by atoms with Gasteiger partial charge in [-0.05, 0) is 51.0 Å². The quantitative estimate of drug-likeness (QED) is 0.912. The Kier molecular flexibility index (Phi) is 5.31. The molecule has 0 aliphatic carbocycles. The molecule has 0 unspecified atom stereocenters. The standard InChI is InChI=1S/C14H20Cl2N2/c1-18(9-11-5-7-17-8-6-11)10-12-13(15)3-2-4-14(12)16/h2-4,11,17H,5-10H2,1H3. The number of nitrogens with one attached hydrogen (secondary N) is 1. The van der Waals surface area contributed by atoms with Crippen molar-refractivity contribution in [2.24, 2.45) is 5.92 Å². The first-order valence-electron chi connectivity index (χ1n) is 6.49. The molecule has 1 saturated heterocycles. The van der Waals surface area contributed by atoms with Crippen molar-refractivity contribution in [2.75, 3.05) is 26.7 Å². The fourth-order valence-electron chi connectivity index (χ4n) is 2.52. The predicted molar refractivity (Wildman–Crippen MR) is 78.4 cm³/mol. The predicted octanol–water partition coefficient (Wildman–Crippen LogP) is 3.42. The molecular weight excluding hydrogens is 267 g/mol. The zero-order chi connectivity index (χ0) is 13.0. The van der Waals surface area contributed by atoms with E-state index in [1.165, 1.54) is 12.8 Å². The molecule has 0 spiro atoms. The third-order valence-corrected chi connectivity index (χ3v) is 4.23. The molecule has 1 fully saturated rings. The van der Waals surface area contributed by atoms with Gasteiger partial charge in [-0.25, -0.2) is 0 Å². The number of benzene rings is 1. The zero-order valence-corrected chi connectivity index (χ0v) is 12.3. The number of rotatable bonds is 4. The molecule has 2 nitrogen and oxygen atoms in total. The summed E-state index contributed by atoms with van der Waals surface area (Å²) in [5.74, 6) is 0.789. The fourth-order valence-corrected chi connectivity index (χ4v) is 3.04. The molecule has 1 aromatic carbocycles. The molecule has 0 aromatic heterocycles. The summed E-state index contributed by atoms with van der Waals surface area (Å²) in [5.41, 5.74) is 1.04. The summed E-state index contributed by atoms with van der Waals surface area (Å²) in [6.45, 7) is 4.22. The molecule has 1 aliphatic rings. The summed E-state index contributed by atoms with van der Waals surface area (Å²) in [6.07, 6.45) is 2.53. The lowest BCUT2D eigenvalue weighted by Gasteiger charge is -2.27. The van der Waals surface area contributed by atoms with E-state index >= 15 is 0 Å². The van der Waals surface area contributed by atoms with Crippen molar-refractivity contribution in [3.63, 3.8) is 0 Å². The van der Waals surface area contributed by atoms with Crippen LogP contribution in [-0.2, 0) is 6.54 Å². The van der Waals surface area contributed by atoms with E-state index in [1.54, 1.807) is 0 Å². The van der Waals surface area contributed by atoms with Gasteiger partial charge in [0.2, 0.25) is 0 Å². The molecule has 2 rings (SSSR count). The Hall–Kier alpha value is -0.280. The van der Waals surface area contributed by atoms with Crippen molar-refractivity contribution < 1.29 is 0 Å². The summed E-state index contributed by atoms with van der Waals surface area (Å²) < 4.78 is 0. The molecule has 18 heavy (non-hydrogen) atoms. The average molecular weight is 287 g/mol. The van der Waals surface area contributed by atoms with E-state index in [-0.39, 0.29) is 0 Å². The van der Waals surface area contributed by atoms with Crippen LogP contribution in [0.4, 0.5) is 0 Å². The number of hydrogen-bond acceptors (Lipinski definition) is 2. The first-order valence-corrected chi connectivity index (χ1v) is 7.24. The smallest absolute Gasteiger partial charge is 0.0465 e. The highest BCUT2D eigenvalue weighted by molar-refractivity contribution is 6.35. The van der Waals surface area contributed by atoms with Gasteiger partial charge in [0, 0.05) is 28.7 Å². The number of hydrogen-bond donors (Lipinski definition) is 1. The van der Waals surface area contributed by atoms with E-state index in [4.69, 9.17) is 23.2 Å². The molecule has 1 aromatic rings. The van der Waals surface area contributed by atoms with Crippen molar-refractivity contribution in [3.05, 3.63) is 33.8 Å². The minimum atomic E-state index is 0.764. The Morgan fingerprint density at radius 3 is 2.44 bits per heavy atom. The van der Waals surface area contributed by atoms with Crippen LogP contribution in [-0.4, -0.2) is 31.6 Å². The average Bonchev–Trinajstić information content (AvgIpc) is 2.35. The lowest BCUT2D eigenvalue weighted by atomic mass is 9.97. The summed E-state index contributed by atoms with van der Waals surface area (Å²) in [7, 11) is 2.14. The van der Waals surface area contributed by atoms with Crippen molar-refractivity contribution in [2.45, 2.75) is 19.4 Å². The van der Waals surface area contributed by atoms with Crippen LogP contribution in [0.15, 0.2) is 18.2 Å². The lowest BCUT2D eigenvalue weighted by molar-refractivity contribution is 0.234. The van der Waals surface area contributed by atoms with Gasteiger partial charge in [-0.1, -0.05) is 29.3 Å². The van der Waals surface area contributed by atoms with Gasteiger partial charge in [-0.3, -0.25) is 0 Å². The van der Waals surface area contributed by atoms with Crippen LogP contribution in [0.2, 0.25) is 10.0 Å². The highest BCUT2D eigenvalue weighted by Crippen LogP contribution is 2.26. The lowest BCUT2D eigenvalue weighted by Crippen LogP contribution is -2.34. The first kappa shape index (κ1) is 14.1. The molecule has 0 bridgehead atoms. The highest BCUT2D eigenvalue weighted by atomic mass is 35.5. The van der Waals surface area contributed by atoms with Gasteiger partial charge in [0.25, 0.3) is 0 Å². The monoisotopic (exact) mass is 286 g/mol. The van der Waals surface area contributed by atoms with Crippen LogP contribution in [0.3, 0.4) is 0 Å². The SMILES string of the molecule is CN(Cc1c(Cl)cccc1Cl)CC1CCNCC1. The molecule has 0 saturated carbocycles. The first-order chi connectivity index (χ1) is 8.66. The van der Waals surface area contributed by atoms with Crippen LogP contribution in [0.5, 0.6) is 0 Å². The minimum absolute atomic E-state index is 0.764. The minimum Gasteiger partial charge on any atom is -0.317 e. The Morgan fingerprint density at radius 1 is 1.22 bits per heavy atom. The number of halogens is 2. The summed E-state index contributed by atoms with van der Waals surface area (Å²) in [6, 6.07) is 5.70. The van der Waals surface area contributed by atoms with Gasteiger partial charge in [-0.15, -0.1) is 0 Å². The Bertz CT molecular complexity index is 369. The van der Waals surface area contributed by atoms with Gasteiger partial charge < -0.3 is 10.2 Å². The van der Waals surface area contributed by atoms with E-state index in [9.17, 15) is 0 Å². The summed E-state index contributed by atoms with van der Waals surface area (Å²) >= 11 is 12.4. The zero-order valence-electron chi connectivity index (χ0n) is 10.8. The third-order valence-electron chi connectivity index (χ3n) is 3.52. The molecule has 4 heteroatoms. The number of piperidine rings is 1. The van der Waals surface area contributed by atoms with E-state index < -0.39 is 0 Å². The van der Waals surface area contributed by atoms with E-state index in [0.29, 0.717) is 0 Å². The van der Waals surface area contributed by atoms with Gasteiger partial charge in [-0.2, -0.15) is 0 Å². The van der Waals surface area contributed by atoms with Crippen LogP contribution in [0, 0.1) is 5.92 Å². The third kappa shape index (κ3) is 3.86. The molecule has 0 amide bonds. The van der Waals surface area contributed by atoms with Crippen molar-refractivity contribution in [1.29, 1.82) is 0 Å². The van der Waals surface area contributed by atoms with E-state index in [2.05, 4.69) is 17.3 Å². The van der Waals surface area contributed by atoms with Crippen LogP contribution < -0.4 is 5.32 Å². The Morgan fingerprint density at radius 2 is 1.83 bits per heavy atom. The fraction of sp³-hybridized carbons (Fsp3) is 0.571. The van der Waals surface area contributed by atoms with Gasteiger partial charge in [0.1, 0.15) is 0 Å². The second-order valence-corrected chi connectivity index (χ2v) is 5.90. The molecule has 1 heterocycles. The Labute approximate surface area is 119 Å². The van der Waals surface area contributed by atoms with Crippen LogP contribution in [0.1, 0.15) is 18.4 Å². The summed E-state index contributed by atoms with van der Waals surface area (Å²) in [4.78, 5) is 2.32. The molecule has 0 atom stereocenters. The van der Waals surface area contributed by atoms with Crippen molar-refractivity contribution >= 4 is 23.2 Å². The molecule has 100 valence electrons. The second-order valence-electron chi connectivity index (χ2n) is 5.09. The van der Waals surface area contributed by atoms with Gasteiger partial charge in [0.15, 0.2) is 0 Å². The normalized spacial score (nSPS) is 17.3. The van der Waals surface area contributed by atoms with E-state index in [0.717, 1.165) is 47.7 Å². The van der Waals surface area contributed by atoms with Crippen LogP contribution in [0.25, 0.3) is 0 Å². The highest BCUT2D eigenvalue weighted by Gasteiger charge is 2.16. The maximum absolute atomic E-state index is 6.20. The van der Waals surface area contributed by atoms with Crippen LogP contribution >= 0.6 is 23.2 Å². The van der Waals surface area contributed by atoms with E-state index in [1.807, 2.05) is 18.2 Å². The number of nitrogens with zero attached hydrogens (tertiary/aromatic N) is 1. The summed E-state index contributed by atoms with van der Waals surface area (Å²) in [5, 5.41) is 4.92. The van der Waals surface area contributed by atoms with Gasteiger partial charge >= 0.3 is 0 Å². The maximum atomic E-state index is 6.20.